The Morgan fingerprint density at radius 3 is 1.94 bits per heavy atom. The van der Waals surface area contributed by atoms with Gasteiger partial charge in [0.25, 0.3) is 0 Å². The van der Waals surface area contributed by atoms with E-state index in [0.717, 1.165) is 53.8 Å². The molecular weight excluding hydrogens is 448 g/mol. The molecule has 0 bridgehead atoms. The minimum atomic E-state index is 0.643. The fourth-order valence-corrected chi connectivity index (χ4v) is 3.45. The lowest BCUT2D eigenvalue weighted by atomic mass is 10.2. The molecule has 0 aliphatic rings. The minimum Gasteiger partial charge on any atom is -0.492 e. The number of nitrogens with one attached hydrogen (secondary N) is 2. The fourth-order valence-electron chi connectivity index (χ4n) is 3.45. The summed E-state index contributed by atoms with van der Waals surface area (Å²) in [6.45, 7) is 2.46. The van der Waals surface area contributed by atoms with Crippen molar-refractivity contribution in [1.82, 2.24) is 9.88 Å². The number of para-hydroxylation sites is 1. The molecule has 0 spiro atoms. The molecule has 36 heavy (non-hydrogen) atoms. The van der Waals surface area contributed by atoms with E-state index in [4.69, 9.17) is 9.47 Å². The quantitative estimate of drug-likeness (QED) is 0.230. The fraction of sp³-hybridized carbons (Fsp3) is 0.167. The van der Waals surface area contributed by atoms with Crippen LogP contribution in [0, 0.1) is 0 Å². The molecule has 0 atom stereocenters. The normalized spacial score (nSPS) is 10.9. The zero-order chi connectivity index (χ0) is 24.8. The number of aromatic nitrogens is 1. The average Bonchev–Trinajstić information content (AvgIpc) is 2.93. The first kappa shape index (κ1) is 24.8. The van der Waals surface area contributed by atoms with E-state index >= 15 is 0 Å². The monoisotopic (exact) mass is 480 g/mol. The Morgan fingerprint density at radius 1 is 0.694 bits per heavy atom. The molecule has 6 heteroatoms. The lowest BCUT2D eigenvalue weighted by Crippen LogP contribution is -2.26. The van der Waals surface area contributed by atoms with Crippen LogP contribution in [0.4, 0.5) is 11.4 Å². The Balaban J connectivity index is 1.12. The number of nitrogens with zero attached hydrogens (tertiary/aromatic N) is 2. The topological polar surface area (TPSA) is 58.7 Å². The molecule has 0 aliphatic heterocycles. The highest BCUT2D eigenvalue weighted by Gasteiger charge is 2.02. The number of rotatable bonds is 13. The highest BCUT2D eigenvalue weighted by atomic mass is 16.5. The van der Waals surface area contributed by atoms with Crippen LogP contribution < -0.4 is 20.1 Å². The van der Waals surface area contributed by atoms with E-state index in [1.54, 1.807) is 0 Å². The molecule has 0 fully saturated rings. The van der Waals surface area contributed by atoms with Gasteiger partial charge in [0.15, 0.2) is 0 Å². The van der Waals surface area contributed by atoms with Crippen molar-refractivity contribution in [3.63, 3.8) is 0 Å². The summed E-state index contributed by atoms with van der Waals surface area (Å²) >= 11 is 0. The van der Waals surface area contributed by atoms with Crippen LogP contribution in [-0.4, -0.2) is 36.6 Å². The van der Waals surface area contributed by atoms with Crippen LogP contribution in [0.25, 0.3) is 0 Å². The number of hydrogen-bond acceptors (Lipinski definition) is 6. The maximum atomic E-state index is 5.89. The number of anilines is 2. The highest BCUT2D eigenvalue weighted by Crippen LogP contribution is 2.22. The number of pyridine rings is 1. The molecule has 3 aromatic carbocycles. The smallest absolute Gasteiger partial charge is 0.127 e. The van der Waals surface area contributed by atoms with E-state index in [-0.39, 0.29) is 0 Å². The van der Waals surface area contributed by atoms with Gasteiger partial charge in [-0.25, -0.2) is 0 Å². The van der Waals surface area contributed by atoms with Gasteiger partial charge in [0.2, 0.25) is 0 Å². The zero-order valence-electron chi connectivity index (χ0n) is 20.5. The second-order valence-corrected chi connectivity index (χ2v) is 8.31. The number of hydrogen-bond donors (Lipinski definition) is 2. The second-order valence-electron chi connectivity index (χ2n) is 8.31. The molecule has 0 unspecified atom stereocenters. The summed E-state index contributed by atoms with van der Waals surface area (Å²) in [6, 6.07) is 31.6. The van der Waals surface area contributed by atoms with Crippen LogP contribution >= 0.6 is 0 Å². The summed E-state index contributed by atoms with van der Waals surface area (Å²) in [7, 11) is 2.10. The first-order valence-corrected chi connectivity index (χ1v) is 12.1. The van der Waals surface area contributed by atoms with Crippen molar-refractivity contribution in [3.8, 4) is 17.2 Å². The molecule has 0 radical (unpaired) electrons. The van der Waals surface area contributed by atoms with E-state index in [0.29, 0.717) is 6.61 Å². The van der Waals surface area contributed by atoms with Crippen LogP contribution in [0.1, 0.15) is 5.69 Å². The van der Waals surface area contributed by atoms with Crippen LogP contribution in [-0.2, 0) is 6.42 Å². The van der Waals surface area contributed by atoms with Gasteiger partial charge in [0.1, 0.15) is 23.9 Å². The van der Waals surface area contributed by atoms with Crippen molar-refractivity contribution in [2.75, 3.05) is 37.4 Å². The van der Waals surface area contributed by atoms with Crippen LogP contribution in [0.5, 0.6) is 17.2 Å². The molecule has 0 aliphatic carbocycles. The summed E-state index contributed by atoms with van der Waals surface area (Å²) in [5, 5.41) is 6.50. The molecule has 4 rings (SSSR count). The first-order valence-electron chi connectivity index (χ1n) is 12.1. The Labute approximate surface area is 213 Å². The predicted octanol–water partition coefficient (Wildman–Crippen LogP) is 6.42. The van der Waals surface area contributed by atoms with Gasteiger partial charge in [-0.15, -0.1) is 0 Å². The van der Waals surface area contributed by atoms with Crippen molar-refractivity contribution < 1.29 is 9.47 Å². The Kier molecular flexibility index (Phi) is 9.35. The maximum Gasteiger partial charge on any atom is 0.127 e. The van der Waals surface area contributed by atoms with Gasteiger partial charge in [-0.2, -0.15) is 0 Å². The first-order chi connectivity index (χ1) is 17.7. The average molecular weight is 481 g/mol. The standard InChI is InChI=1S/C30H32N4O2/c1-34(22-18-25-7-5-6-19-31-25)23-24-35-28-14-10-26(11-15-28)32-20-21-33-27-12-16-30(17-13-27)36-29-8-3-2-4-9-29/h2-17,19-21,32-33H,18,22-24H2,1H3/b21-20-. The molecule has 2 N–H and O–H groups in total. The van der Waals surface area contributed by atoms with Crippen molar-refractivity contribution in [1.29, 1.82) is 0 Å². The molecule has 0 saturated heterocycles. The molecule has 0 saturated carbocycles. The summed E-state index contributed by atoms with van der Waals surface area (Å²) in [5.74, 6) is 2.48. The number of ether oxygens (including phenoxy) is 2. The van der Waals surface area contributed by atoms with Gasteiger partial charge in [-0.05, 0) is 79.8 Å². The number of benzene rings is 3. The second kappa shape index (κ2) is 13.6. The van der Waals surface area contributed by atoms with Gasteiger partial charge in [0.05, 0.1) is 0 Å². The SMILES string of the molecule is CN(CCOc1ccc(N/C=C\Nc2ccc(Oc3ccccc3)cc2)cc1)CCc1ccccn1. The summed E-state index contributed by atoms with van der Waals surface area (Å²) in [4.78, 5) is 6.62. The van der Waals surface area contributed by atoms with Gasteiger partial charge in [-0.3, -0.25) is 4.98 Å². The minimum absolute atomic E-state index is 0.643. The molecular formula is C30H32N4O2. The van der Waals surface area contributed by atoms with Crippen molar-refractivity contribution in [2.24, 2.45) is 0 Å². The van der Waals surface area contributed by atoms with E-state index in [9.17, 15) is 0 Å². The van der Waals surface area contributed by atoms with Crippen LogP contribution in [0.15, 0.2) is 116 Å². The van der Waals surface area contributed by atoms with Gasteiger partial charge < -0.3 is 25.0 Å². The lowest BCUT2D eigenvalue weighted by Gasteiger charge is -2.16. The summed E-state index contributed by atoms with van der Waals surface area (Å²) in [5.41, 5.74) is 3.07. The molecule has 1 heterocycles. The maximum absolute atomic E-state index is 5.89. The summed E-state index contributed by atoms with van der Waals surface area (Å²) in [6.07, 6.45) is 6.50. The molecule has 4 aromatic rings. The Hall–Kier alpha value is -4.29. The van der Waals surface area contributed by atoms with E-state index < -0.39 is 0 Å². The molecule has 184 valence electrons. The van der Waals surface area contributed by atoms with Crippen LogP contribution in [0.3, 0.4) is 0 Å². The van der Waals surface area contributed by atoms with E-state index in [1.807, 2.05) is 110 Å². The highest BCUT2D eigenvalue weighted by molar-refractivity contribution is 5.51. The lowest BCUT2D eigenvalue weighted by molar-refractivity contribution is 0.238. The van der Waals surface area contributed by atoms with Gasteiger partial charge in [0, 0.05) is 55.2 Å². The van der Waals surface area contributed by atoms with Crippen LogP contribution in [0.2, 0.25) is 0 Å². The van der Waals surface area contributed by atoms with Gasteiger partial charge in [-0.1, -0.05) is 24.3 Å². The van der Waals surface area contributed by atoms with Crippen molar-refractivity contribution in [2.45, 2.75) is 6.42 Å². The van der Waals surface area contributed by atoms with E-state index in [1.165, 1.54) is 0 Å². The Bertz CT molecular complexity index is 1180. The molecule has 0 amide bonds. The third kappa shape index (κ3) is 8.49. The number of likely N-dealkylation sites (N-methyl/N-ethyl adjacent to an activating group) is 1. The molecule has 1 aromatic heterocycles. The summed E-state index contributed by atoms with van der Waals surface area (Å²) < 4.78 is 11.7. The van der Waals surface area contributed by atoms with Crippen molar-refractivity contribution in [3.05, 3.63) is 121 Å². The third-order valence-corrected chi connectivity index (χ3v) is 5.49. The van der Waals surface area contributed by atoms with Crippen molar-refractivity contribution >= 4 is 11.4 Å². The molecule has 6 nitrogen and oxygen atoms in total. The largest absolute Gasteiger partial charge is 0.492 e. The third-order valence-electron chi connectivity index (χ3n) is 5.49. The Morgan fingerprint density at radius 2 is 1.31 bits per heavy atom. The van der Waals surface area contributed by atoms with Gasteiger partial charge >= 0.3 is 0 Å². The zero-order valence-corrected chi connectivity index (χ0v) is 20.5. The van der Waals surface area contributed by atoms with E-state index in [2.05, 4.69) is 33.6 Å². The predicted molar refractivity (Wildman–Crippen MR) is 147 cm³/mol.